The Bertz CT molecular complexity index is 656. The van der Waals surface area contributed by atoms with E-state index in [-0.39, 0.29) is 12.5 Å². The molecule has 1 aromatic heterocycles. The summed E-state index contributed by atoms with van der Waals surface area (Å²) in [5, 5.41) is 8.09. The molecular formula is C16H18N4O. The number of nitrogens with one attached hydrogen (secondary N) is 1. The molecule has 1 aromatic carbocycles. The summed E-state index contributed by atoms with van der Waals surface area (Å²) in [6.07, 6.45) is 5.47. The van der Waals surface area contributed by atoms with Crippen LogP contribution in [-0.2, 0) is 11.3 Å². The van der Waals surface area contributed by atoms with E-state index >= 15 is 0 Å². The van der Waals surface area contributed by atoms with Crippen molar-refractivity contribution in [2.24, 2.45) is 5.10 Å². The minimum absolute atomic E-state index is 0.165. The van der Waals surface area contributed by atoms with Gasteiger partial charge >= 0.3 is 0 Å². The number of carbonyl (C=O) groups excluding carboxylic acids is 1. The van der Waals surface area contributed by atoms with Crippen LogP contribution in [0.4, 0.5) is 0 Å². The lowest BCUT2D eigenvalue weighted by molar-refractivity contribution is -0.121. The maximum atomic E-state index is 11.7. The fourth-order valence-electron chi connectivity index (χ4n) is 1.70. The summed E-state index contributed by atoms with van der Waals surface area (Å²) in [7, 11) is 0. The first-order chi connectivity index (χ1) is 10.1. The van der Waals surface area contributed by atoms with Crippen LogP contribution in [0.15, 0.2) is 53.8 Å². The number of carbonyl (C=O) groups is 1. The predicted octanol–water partition coefficient (Wildman–Crippen LogP) is 2.40. The number of aromatic nitrogens is 2. The van der Waals surface area contributed by atoms with E-state index in [9.17, 15) is 4.79 Å². The van der Waals surface area contributed by atoms with Crippen LogP contribution in [-0.4, -0.2) is 21.4 Å². The van der Waals surface area contributed by atoms with Gasteiger partial charge in [0.2, 0.25) is 0 Å². The first kappa shape index (κ1) is 14.7. The Kier molecular flexibility index (Phi) is 5.04. The number of hydrazone groups is 1. The van der Waals surface area contributed by atoms with E-state index in [1.807, 2.05) is 62.4 Å². The van der Waals surface area contributed by atoms with Gasteiger partial charge in [0.1, 0.15) is 6.54 Å². The first-order valence-electron chi connectivity index (χ1n) is 6.70. The molecule has 21 heavy (non-hydrogen) atoms. The van der Waals surface area contributed by atoms with Crippen molar-refractivity contribution in [3.63, 3.8) is 0 Å². The van der Waals surface area contributed by atoms with Crippen molar-refractivity contribution in [1.82, 2.24) is 15.2 Å². The molecule has 0 saturated heterocycles. The van der Waals surface area contributed by atoms with Gasteiger partial charge < -0.3 is 0 Å². The molecule has 2 rings (SSSR count). The molecule has 0 aliphatic rings. The number of benzene rings is 1. The molecular weight excluding hydrogens is 264 g/mol. The monoisotopic (exact) mass is 282 g/mol. The fraction of sp³-hybridized carbons (Fsp3) is 0.188. The van der Waals surface area contributed by atoms with Gasteiger partial charge in [0, 0.05) is 11.9 Å². The number of allylic oxidation sites excluding steroid dienone is 1. The average Bonchev–Trinajstić information content (AvgIpc) is 2.89. The van der Waals surface area contributed by atoms with Gasteiger partial charge in [0.25, 0.3) is 5.91 Å². The van der Waals surface area contributed by atoms with Crippen LogP contribution in [0.1, 0.15) is 18.2 Å². The molecule has 1 heterocycles. The van der Waals surface area contributed by atoms with E-state index in [0.29, 0.717) is 0 Å². The van der Waals surface area contributed by atoms with Crippen LogP contribution in [0.3, 0.4) is 0 Å². The molecule has 5 nitrogen and oxygen atoms in total. The first-order valence-corrected chi connectivity index (χ1v) is 6.70. The predicted molar refractivity (Wildman–Crippen MR) is 83.7 cm³/mol. The maximum Gasteiger partial charge on any atom is 0.261 e. The van der Waals surface area contributed by atoms with Crippen molar-refractivity contribution < 1.29 is 4.79 Å². The third-order valence-corrected chi connectivity index (χ3v) is 2.90. The van der Waals surface area contributed by atoms with Crippen molar-refractivity contribution in [2.75, 3.05) is 0 Å². The minimum Gasteiger partial charge on any atom is -0.271 e. The smallest absolute Gasteiger partial charge is 0.261 e. The van der Waals surface area contributed by atoms with Gasteiger partial charge in [-0.1, -0.05) is 36.4 Å². The molecule has 0 saturated carbocycles. The Morgan fingerprint density at radius 2 is 2.10 bits per heavy atom. The number of hydrogen-bond acceptors (Lipinski definition) is 3. The lowest BCUT2D eigenvalue weighted by Gasteiger charge is -2.03. The highest BCUT2D eigenvalue weighted by molar-refractivity contribution is 5.96. The number of amides is 1. The zero-order chi connectivity index (χ0) is 15.1. The zero-order valence-corrected chi connectivity index (χ0v) is 12.2. The highest BCUT2D eigenvalue weighted by atomic mass is 16.2. The Morgan fingerprint density at radius 3 is 2.76 bits per heavy atom. The standard InChI is InChI=1S/C16H18N4O/c1-13(8-9-15-6-4-3-5-7-15)18-19-16(21)12-20-14(2)10-11-17-20/h3-11H,12H2,1-2H3,(H,19,21)/b9-8+,18-13+. The molecule has 5 heteroatoms. The zero-order valence-electron chi connectivity index (χ0n) is 12.2. The minimum atomic E-state index is -0.200. The Balaban J connectivity index is 1.87. The van der Waals surface area contributed by atoms with Gasteiger partial charge in [0.05, 0.1) is 5.71 Å². The second-order valence-electron chi connectivity index (χ2n) is 4.66. The molecule has 0 radical (unpaired) electrons. The Hall–Kier alpha value is -2.69. The summed E-state index contributed by atoms with van der Waals surface area (Å²) in [5.41, 5.74) is 5.28. The number of nitrogens with zero attached hydrogens (tertiary/aromatic N) is 3. The summed E-state index contributed by atoms with van der Waals surface area (Å²) in [6.45, 7) is 3.90. The molecule has 0 bridgehead atoms. The number of hydrogen-bond donors (Lipinski definition) is 1. The molecule has 0 fully saturated rings. The molecule has 0 aliphatic carbocycles. The van der Waals surface area contributed by atoms with Crippen molar-refractivity contribution >= 4 is 17.7 Å². The van der Waals surface area contributed by atoms with Gasteiger partial charge in [-0.05, 0) is 31.6 Å². The van der Waals surface area contributed by atoms with Crippen molar-refractivity contribution in [3.05, 3.63) is 59.9 Å². The van der Waals surface area contributed by atoms with Crippen LogP contribution < -0.4 is 5.43 Å². The topological polar surface area (TPSA) is 59.3 Å². The van der Waals surface area contributed by atoms with Gasteiger partial charge in [-0.25, -0.2) is 5.43 Å². The summed E-state index contributed by atoms with van der Waals surface area (Å²) in [6, 6.07) is 11.8. The molecule has 1 amide bonds. The van der Waals surface area contributed by atoms with Crippen LogP contribution in [0.2, 0.25) is 0 Å². The highest BCUT2D eigenvalue weighted by Gasteiger charge is 2.03. The summed E-state index contributed by atoms with van der Waals surface area (Å²) in [5.74, 6) is -0.200. The lowest BCUT2D eigenvalue weighted by Crippen LogP contribution is -2.24. The second-order valence-corrected chi connectivity index (χ2v) is 4.66. The Morgan fingerprint density at radius 1 is 1.33 bits per heavy atom. The van der Waals surface area contributed by atoms with E-state index in [0.717, 1.165) is 17.0 Å². The third kappa shape index (κ3) is 4.72. The molecule has 2 aromatic rings. The number of rotatable bonds is 5. The van der Waals surface area contributed by atoms with Crippen molar-refractivity contribution in [1.29, 1.82) is 0 Å². The summed E-state index contributed by atoms with van der Waals surface area (Å²) in [4.78, 5) is 11.7. The van der Waals surface area contributed by atoms with Gasteiger partial charge in [0.15, 0.2) is 0 Å². The van der Waals surface area contributed by atoms with Gasteiger partial charge in [-0.3, -0.25) is 9.48 Å². The van der Waals surface area contributed by atoms with Crippen molar-refractivity contribution in [2.45, 2.75) is 20.4 Å². The molecule has 108 valence electrons. The lowest BCUT2D eigenvalue weighted by atomic mass is 10.2. The van der Waals surface area contributed by atoms with E-state index in [2.05, 4.69) is 15.6 Å². The third-order valence-electron chi connectivity index (χ3n) is 2.90. The van der Waals surface area contributed by atoms with Crippen LogP contribution >= 0.6 is 0 Å². The molecule has 1 N–H and O–H groups in total. The van der Waals surface area contributed by atoms with E-state index in [1.54, 1.807) is 10.9 Å². The second kappa shape index (κ2) is 7.19. The van der Waals surface area contributed by atoms with Gasteiger partial charge in [-0.15, -0.1) is 0 Å². The van der Waals surface area contributed by atoms with Crippen LogP contribution in [0.5, 0.6) is 0 Å². The summed E-state index contributed by atoms with van der Waals surface area (Å²) < 4.78 is 1.62. The van der Waals surface area contributed by atoms with E-state index < -0.39 is 0 Å². The molecule has 0 atom stereocenters. The van der Waals surface area contributed by atoms with Crippen LogP contribution in [0, 0.1) is 6.92 Å². The average molecular weight is 282 g/mol. The molecule has 0 spiro atoms. The molecule has 0 aliphatic heterocycles. The van der Waals surface area contributed by atoms with E-state index in [4.69, 9.17) is 0 Å². The fourth-order valence-corrected chi connectivity index (χ4v) is 1.70. The maximum absolute atomic E-state index is 11.7. The Labute approximate surface area is 124 Å². The van der Waals surface area contributed by atoms with E-state index in [1.165, 1.54) is 0 Å². The number of aryl methyl sites for hydroxylation is 1. The SMILES string of the molecule is CC(/C=C/c1ccccc1)=N\NC(=O)Cn1nccc1C. The highest BCUT2D eigenvalue weighted by Crippen LogP contribution is 2.01. The van der Waals surface area contributed by atoms with Crippen LogP contribution in [0.25, 0.3) is 6.08 Å². The normalized spacial score (nSPS) is 11.8. The quantitative estimate of drug-likeness (QED) is 0.676. The van der Waals surface area contributed by atoms with Gasteiger partial charge in [-0.2, -0.15) is 10.2 Å². The van der Waals surface area contributed by atoms with Crippen molar-refractivity contribution in [3.8, 4) is 0 Å². The summed E-state index contributed by atoms with van der Waals surface area (Å²) >= 11 is 0. The largest absolute Gasteiger partial charge is 0.271 e. The molecule has 0 unspecified atom stereocenters.